The van der Waals surface area contributed by atoms with Gasteiger partial charge in [-0.2, -0.15) is 0 Å². The van der Waals surface area contributed by atoms with Crippen molar-refractivity contribution >= 4 is 0 Å². The first kappa shape index (κ1) is 18.9. The highest BCUT2D eigenvalue weighted by molar-refractivity contribution is 5.29. The molecular formula is C26H30NO+. The Balaban J connectivity index is 1.86. The minimum atomic E-state index is 0.0692. The molecule has 3 atom stereocenters. The predicted octanol–water partition coefficient (Wildman–Crippen LogP) is 5.44. The van der Waals surface area contributed by atoms with E-state index in [-0.39, 0.29) is 12.6 Å². The van der Waals surface area contributed by atoms with Gasteiger partial charge in [0, 0.05) is 29.5 Å². The van der Waals surface area contributed by atoms with Crippen molar-refractivity contribution in [3.63, 3.8) is 0 Å². The lowest BCUT2D eigenvalue weighted by molar-refractivity contribution is -0.999. The van der Waals surface area contributed by atoms with E-state index in [4.69, 9.17) is 0 Å². The van der Waals surface area contributed by atoms with Gasteiger partial charge >= 0.3 is 0 Å². The van der Waals surface area contributed by atoms with E-state index in [0.29, 0.717) is 6.04 Å². The Hall–Kier alpha value is -2.42. The van der Waals surface area contributed by atoms with Crippen molar-refractivity contribution in [1.29, 1.82) is 0 Å². The van der Waals surface area contributed by atoms with E-state index < -0.39 is 0 Å². The van der Waals surface area contributed by atoms with E-state index in [2.05, 4.69) is 91.9 Å². The summed E-state index contributed by atoms with van der Waals surface area (Å²) in [5.41, 5.74) is 5.50. The van der Waals surface area contributed by atoms with Gasteiger partial charge in [-0.05, 0) is 5.56 Å². The lowest BCUT2D eigenvalue weighted by Gasteiger charge is -2.52. The molecule has 0 aromatic heterocycles. The first-order valence-electron chi connectivity index (χ1n) is 10.4. The summed E-state index contributed by atoms with van der Waals surface area (Å²) >= 11 is 0. The van der Waals surface area contributed by atoms with Crippen LogP contribution in [0.25, 0.3) is 0 Å². The first-order valence-corrected chi connectivity index (χ1v) is 10.4. The number of aliphatic hydroxyl groups excluding tert-OH is 1. The maximum absolute atomic E-state index is 10.6. The van der Waals surface area contributed by atoms with Crippen LogP contribution >= 0.6 is 0 Å². The topological polar surface area (TPSA) is 20.2 Å². The third-order valence-electron chi connectivity index (χ3n) is 6.55. The van der Waals surface area contributed by atoms with Crippen molar-refractivity contribution in [3.05, 3.63) is 107 Å². The second-order valence-electron chi connectivity index (χ2n) is 7.95. The molecule has 2 heteroatoms. The van der Waals surface area contributed by atoms with Crippen molar-refractivity contribution < 1.29 is 9.59 Å². The number of aliphatic hydroxyl groups is 1. The van der Waals surface area contributed by atoms with Crippen molar-refractivity contribution in [2.24, 2.45) is 0 Å². The van der Waals surface area contributed by atoms with Crippen molar-refractivity contribution in [2.45, 2.75) is 38.4 Å². The molecule has 3 aromatic carbocycles. The van der Waals surface area contributed by atoms with Crippen LogP contribution < -0.4 is 0 Å². The summed E-state index contributed by atoms with van der Waals surface area (Å²) in [6.07, 6.45) is 2.11. The highest BCUT2D eigenvalue weighted by Crippen LogP contribution is 2.45. The van der Waals surface area contributed by atoms with Crippen molar-refractivity contribution in [2.75, 3.05) is 13.2 Å². The summed E-state index contributed by atoms with van der Waals surface area (Å²) in [7, 11) is 0. The molecule has 0 saturated carbocycles. The average molecular weight is 373 g/mol. The Morgan fingerprint density at radius 3 is 1.86 bits per heavy atom. The SMILES string of the molecule is CCC(c1ccccc1)[N@+]1(C(CO)c2ccccc2)CCc2ccccc2C1. The van der Waals surface area contributed by atoms with E-state index in [1.165, 1.54) is 22.3 Å². The van der Waals surface area contributed by atoms with Crippen LogP contribution in [0.3, 0.4) is 0 Å². The van der Waals surface area contributed by atoms with Crippen molar-refractivity contribution in [1.82, 2.24) is 0 Å². The fourth-order valence-corrected chi connectivity index (χ4v) is 5.24. The molecule has 1 heterocycles. The van der Waals surface area contributed by atoms with Crippen LogP contribution in [0.2, 0.25) is 0 Å². The highest BCUT2D eigenvalue weighted by atomic mass is 16.3. The number of hydrogen-bond acceptors (Lipinski definition) is 1. The summed E-state index contributed by atoms with van der Waals surface area (Å²) in [4.78, 5) is 0. The second kappa shape index (κ2) is 8.30. The summed E-state index contributed by atoms with van der Waals surface area (Å²) in [5.74, 6) is 0. The van der Waals surface area contributed by atoms with E-state index in [0.717, 1.165) is 30.4 Å². The fraction of sp³-hybridized carbons (Fsp3) is 0.308. The number of quaternary nitrogens is 1. The Morgan fingerprint density at radius 1 is 0.750 bits per heavy atom. The van der Waals surface area contributed by atoms with Crippen LogP contribution in [0.5, 0.6) is 0 Å². The minimum Gasteiger partial charge on any atom is -0.390 e. The van der Waals surface area contributed by atoms with Gasteiger partial charge in [0.15, 0.2) is 0 Å². The van der Waals surface area contributed by atoms with Gasteiger partial charge in [-0.1, -0.05) is 91.9 Å². The Bertz CT molecular complexity index is 843. The van der Waals surface area contributed by atoms with E-state index in [1.54, 1.807) is 0 Å². The van der Waals surface area contributed by atoms with Gasteiger partial charge in [0.2, 0.25) is 0 Å². The zero-order valence-electron chi connectivity index (χ0n) is 16.7. The fourth-order valence-electron chi connectivity index (χ4n) is 5.24. The monoisotopic (exact) mass is 372 g/mol. The van der Waals surface area contributed by atoms with Gasteiger partial charge in [0.1, 0.15) is 18.6 Å². The number of fused-ring (bicyclic) bond motifs is 1. The van der Waals surface area contributed by atoms with Gasteiger partial charge < -0.3 is 9.59 Å². The number of rotatable bonds is 6. The Morgan fingerprint density at radius 2 is 1.29 bits per heavy atom. The van der Waals surface area contributed by atoms with Crippen LogP contribution in [0.1, 0.15) is 47.7 Å². The maximum atomic E-state index is 10.6. The minimum absolute atomic E-state index is 0.0692. The zero-order chi connectivity index (χ0) is 19.4. The van der Waals surface area contributed by atoms with Crippen LogP contribution in [0.15, 0.2) is 84.9 Å². The lowest BCUT2D eigenvalue weighted by Crippen LogP contribution is -2.56. The molecule has 144 valence electrons. The third kappa shape index (κ3) is 3.39. The smallest absolute Gasteiger partial charge is 0.139 e. The third-order valence-corrected chi connectivity index (χ3v) is 6.55. The standard InChI is InChI=1S/C26H30NO/c1-2-25(22-12-5-3-6-13-22)27(26(20-28)23-14-7-4-8-15-23)18-17-21-11-9-10-16-24(21)19-27/h3-16,25-26,28H,2,17-20H2,1H3/q+1/t25?,26?,27-/m0/s1. The van der Waals surface area contributed by atoms with Crippen LogP contribution in [-0.4, -0.2) is 22.7 Å². The molecule has 1 aliphatic rings. The van der Waals surface area contributed by atoms with Crippen LogP contribution in [0.4, 0.5) is 0 Å². The molecule has 0 aliphatic carbocycles. The zero-order valence-corrected chi connectivity index (χ0v) is 16.7. The molecule has 3 aromatic rings. The summed E-state index contributed by atoms with van der Waals surface area (Å²) in [6.45, 7) is 4.46. The normalized spacial score (nSPS) is 20.9. The molecule has 2 nitrogen and oxygen atoms in total. The first-order chi connectivity index (χ1) is 13.8. The van der Waals surface area contributed by atoms with Gasteiger partial charge in [-0.3, -0.25) is 0 Å². The molecule has 0 fully saturated rings. The maximum Gasteiger partial charge on any atom is 0.139 e. The molecule has 0 saturated heterocycles. The Kier molecular flexibility index (Phi) is 5.61. The molecule has 2 unspecified atom stereocenters. The largest absolute Gasteiger partial charge is 0.390 e. The predicted molar refractivity (Wildman–Crippen MR) is 115 cm³/mol. The molecule has 1 aliphatic heterocycles. The lowest BCUT2D eigenvalue weighted by atomic mass is 9.87. The summed E-state index contributed by atoms with van der Waals surface area (Å²) in [6, 6.07) is 30.8. The van der Waals surface area contributed by atoms with Gasteiger partial charge in [0.25, 0.3) is 0 Å². The summed E-state index contributed by atoms with van der Waals surface area (Å²) < 4.78 is 0.887. The quantitative estimate of drug-likeness (QED) is 0.571. The van der Waals surface area contributed by atoms with Crippen molar-refractivity contribution in [3.8, 4) is 0 Å². The summed E-state index contributed by atoms with van der Waals surface area (Å²) in [5, 5.41) is 10.6. The van der Waals surface area contributed by atoms with Gasteiger partial charge in [-0.15, -0.1) is 0 Å². The van der Waals surface area contributed by atoms with Crippen LogP contribution in [-0.2, 0) is 13.0 Å². The van der Waals surface area contributed by atoms with E-state index >= 15 is 0 Å². The molecule has 1 N–H and O–H groups in total. The molecule has 0 amide bonds. The molecule has 0 spiro atoms. The van der Waals surface area contributed by atoms with Gasteiger partial charge in [-0.25, -0.2) is 0 Å². The molecular weight excluding hydrogens is 342 g/mol. The molecule has 4 rings (SSSR count). The Labute approximate surface area is 168 Å². The number of hydrogen-bond donors (Lipinski definition) is 1. The molecule has 0 radical (unpaired) electrons. The van der Waals surface area contributed by atoms with Gasteiger partial charge in [0.05, 0.1) is 13.2 Å². The second-order valence-corrected chi connectivity index (χ2v) is 7.95. The van der Waals surface area contributed by atoms with E-state index in [9.17, 15) is 5.11 Å². The number of nitrogens with zero attached hydrogens (tertiary/aromatic N) is 1. The van der Waals surface area contributed by atoms with Crippen LogP contribution in [0, 0.1) is 0 Å². The number of benzene rings is 3. The molecule has 0 bridgehead atoms. The van der Waals surface area contributed by atoms with E-state index in [1.807, 2.05) is 0 Å². The molecule has 28 heavy (non-hydrogen) atoms. The average Bonchev–Trinajstić information content (AvgIpc) is 2.76. The highest BCUT2D eigenvalue weighted by Gasteiger charge is 2.46.